The second-order valence-corrected chi connectivity index (χ2v) is 15.7. The lowest BCUT2D eigenvalue weighted by molar-refractivity contribution is -0.165. The predicted molar refractivity (Wildman–Crippen MR) is 116 cm³/mol. The fourth-order valence-electron chi connectivity index (χ4n) is 3.58. The predicted octanol–water partition coefficient (Wildman–Crippen LogP) is 5.18. The van der Waals surface area contributed by atoms with Gasteiger partial charge in [-0.25, -0.2) is 0 Å². The van der Waals surface area contributed by atoms with Crippen LogP contribution in [0.1, 0.15) is 86.5 Å². The first-order chi connectivity index (χ1) is 12.6. The maximum Gasteiger partial charge on any atom is 0.312 e. The van der Waals surface area contributed by atoms with Gasteiger partial charge in [0.25, 0.3) is 0 Å². The van der Waals surface area contributed by atoms with Gasteiger partial charge in [0.15, 0.2) is 8.32 Å². The Bertz CT molecular complexity index is 528. The quantitative estimate of drug-likeness (QED) is 0.439. The van der Waals surface area contributed by atoms with Gasteiger partial charge in [0.05, 0.1) is 18.4 Å². The van der Waals surface area contributed by atoms with Crippen LogP contribution in [0.2, 0.25) is 18.1 Å². The molecule has 1 aliphatic rings. The molecule has 2 unspecified atom stereocenters. The molecule has 0 heterocycles. The van der Waals surface area contributed by atoms with E-state index in [-0.39, 0.29) is 17.4 Å². The van der Waals surface area contributed by atoms with Crippen LogP contribution in [0.5, 0.6) is 0 Å². The molecule has 0 radical (unpaired) electrons. The second-order valence-electron chi connectivity index (χ2n) is 11.0. The zero-order valence-corrected chi connectivity index (χ0v) is 20.4. The smallest absolute Gasteiger partial charge is 0.312 e. The van der Waals surface area contributed by atoms with Crippen molar-refractivity contribution in [3.63, 3.8) is 0 Å². The minimum Gasteiger partial charge on any atom is -0.460 e. The van der Waals surface area contributed by atoms with E-state index < -0.39 is 31.8 Å². The van der Waals surface area contributed by atoms with Crippen LogP contribution < -0.4 is 5.73 Å². The molecule has 1 amide bonds. The lowest BCUT2D eigenvalue weighted by Crippen LogP contribution is -2.49. The molecule has 1 fully saturated rings. The lowest BCUT2D eigenvalue weighted by atomic mass is 9.80. The molecule has 0 aromatic carbocycles. The summed E-state index contributed by atoms with van der Waals surface area (Å²) in [5, 5.41) is -0.0216. The first-order valence-corrected chi connectivity index (χ1v) is 13.7. The van der Waals surface area contributed by atoms with E-state index >= 15 is 0 Å². The molecular weight excluding hydrogens is 370 g/mol. The SMILES string of the molecule is CC(C)(C)OC(=O)C(CC1CCCCC1)C(CC(N)=O)O[Si](C)(C)C(C)(C)C. The number of esters is 1. The van der Waals surface area contributed by atoms with Crippen molar-refractivity contribution >= 4 is 20.2 Å². The summed E-state index contributed by atoms with van der Waals surface area (Å²) in [7, 11) is -2.18. The van der Waals surface area contributed by atoms with Gasteiger partial charge in [-0.05, 0) is 51.2 Å². The maximum atomic E-state index is 13.2. The van der Waals surface area contributed by atoms with Crippen molar-refractivity contribution in [2.24, 2.45) is 17.6 Å². The number of amides is 1. The Morgan fingerprint density at radius 1 is 1.04 bits per heavy atom. The van der Waals surface area contributed by atoms with E-state index in [0.29, 0.717) is 12.3 Å². The van der Waals surface area contributed by atoms with Crippen molar-refractivity contribution in [2.75, 3.05) is 0 Å². The first kappa shape index (κ1) is 25.2. The molecular formula is C22H43NO4Si. The highest BCUT2D eigenvalue weighted by Crippen LogP contribution is 2.40. The number of hydrogen-bond donors (Lipinski definition) is 1. The molecule has 1 rings (SSSR count). The normalized spacial score (nSPS) is 19.1. The Labute approximate surface area is 173 Å². The van der Waals surface area contributed by atoms with Gasteiger partial charge in [0, 0.05) is 0 Å². The van der Waals surface area contributed by atoms with Crippen molar-refractivity contribution in [1.82, 2.24) is 0 Å². The number of nitrogens with two attached hydrogens (primary N) is 1. The minimum atomic E-state index is -2.18. The topological polar surface area (TPSA) is 78.6 Å². The molecule has 2 N–H and O–H groups in total. The number of carbonyl (C=O) groups excluding carboxylic acids is 2. The summed E-state index contributed by atoms with van der Waals surface area (Å²) in [6.45, 7) is 16.4. The second kappa shape index (κ2) is 9.75. The zero-order chi connectivity index (χ0) is 21.8. The van der Waals surface area contributed by atoms with Crippen molar-refractivity contribution in [1.29, 1.82) is 0 Å². The van der Waals surface area contributed by atoms with Gasteiger partial charge in [-0.2, -0.15) is 0 Å². The number of primary amides is 1. The van der Waals surface area contributed by atoms with Crippen LogP contribution in [-0.4, -0.2) is 31.9 Å². The third-order valence-electron chi connectivity index (χ3n) is 6.12. The van der Waals surface area contributed by atoms with Crippen molar-refractivity contribution in [3.8, 4) is 0 Å². The summed E-state index contributed by atoms with van der Waals surface area (Å²) in [5.74, 6) is -0.669. The van der Waals surface area contributed by atoms with Gasteiger partial charge in [-0.3, -0.25) is 9.59 Å². The van der Waals surface area contributed by atoms with Crippen LogP contribution in [0, 0.1) is 11.8 Å². The number of hydrogen-bond acceptors (Lipinski definition) is 4. The highest BCUT2D eigenvalue weighted by atomic mass is 28.4. The van der Waals surface area contributed by atoms with Crippen LogP contribution >= 0.6 is 0 Å². The van der Waals surface area contributed by atoms with Gasteiger partial charge >= 0.3 is 5.97 Å². The average molecular weight is 414 g/mol. The van der Waals surface area contributed by atoms with Crippen LogP contribution in [0.3, 0.4) is 0 Å². The minimum absolute atomic E-state index is 0.0216. The number of carbonyl (C=O) groups is 2. The zero-order valence-electron chi connectivity index (χ0n) is 19.4. The van der Waals surface area contributed by atoms with Crippen molar-refractivity contribution < 1.29 is 18.8 Å². The first-order valence-electron chi connectivity index (χ1n) is 10.8. The number of ether oxygens (including phenoxy) is 1. The summed E-state index contributed by atoms with van der Waals surface area (Å²) in [5.41, 5.74) is 4.99. The van der Waals surface area contributed by atoms with Crippen LogP contribution in [-0.2, 0) is 18.8 Å². The van der Waals surface area contributed by atoms with Gasteiger partial charge in [-0.1, -0.05) is 52.9 Å². The molecule has 0 spiro atoms. The van der Waals surface area contributed by atoms with Crippen molar-refractivity contribution in [2.45, 2.75) is 116 Å². The van der Waals surface area contributed by atoms with Crippen molar-refractivity contribution in [3.05, 3.63) is 0 Å². The van der Waals surface area contributed by atoms with E-state index in [1.54, 1.807) is 0 Å². The number of rotatable bonds is 8. The van der Waals surface area contributed by atoms with E-state index in [2.05, 4.69) is 33.9 Å². The Hall–Kier alpha value is -0.883. The molecule has 1 saturated carbocycles. The van der Waals surface area contributed by atoms with E-state index in [9.17, 15) is 9.59 Å². The fourth-order valence-corrected chi connectivity index (χ4v) is 4.94. The monoisotopic (exact) mass is 413 g/mol. The molecule has 28 heavy (non-hydrogen) atoms. The van der Waals surface area contributed by atoms with Gasteiger partial charge in [0.1, 0.15) is 5.60 Å². The fraction of sp³-hybridized carbons (Fsp3) is 0.909. The molecule has 5 nitrogen and oxygen atoms in total. The van der Waals surface area contributed by atoms with E-state index in [1.165, 1.54) is 19.3 Å². The molecule has 0 saturated heterocycles. The summed E-state index contributed by atoms with van der Waals surface area (Å²) in [6, 6.07) is 0. The van der Waals surface area contributed by atoms with Crippen LogP contribution in [0.4, 0.5) is 0 Å². The van der Waals surface area contributed by atoms with Crippen LogP contribution in [0.15, 0.2) is 0 Å². The standard InChI is InChI=1S/C22H43NO4Si/c1-21(2,3)26-20(25)17(14-16-12-10-9-11-13-16)18(15-19(23)24)27-28(7,8)22(4,5)6/h16-18H,9-15H2,1-8H3,(H2,23,24). The molecule has 1 aliphatic carbocycles. The average Bonchev–Trinajstić information content (AvgIpc) is 2.49. The Kier molecular flexibility index (Phi) is 8.76. The Morgan fingerprint density at radius 3 is 2.00 bits per heavy atom. The summed E-state index contributed by atoms with van der Waals surface area (Å²) < 4.78 is 12.3. The van der Waals surface area contributed by atoms with Gasteiger partial charge in [-0.15, -0.1) is 0 Å². The summed E-state index contributed by atoms with van der Waals surface area (Å²) in [6.07, 6.45) is 6.18. The molecule has 6 heteroatoms. The third-order valence-corrected chi connectivity index (χ3v) is 10.6. The van der Waals surface area contributed by atoms with E-state index in [0.717, 1.165) is 12.8 Å². The van der Waals surface area contributed by atoms with E-state index in [1.807, 2.05) is 20.8 Å². The molecule has 0 aromatic rings. The molecule has 2 atom stereocenters. The summed E-state index contributed by atoms with van der Waals surface area (Å²) in [4.78, 5) is 25.0. The highest BCUT2D eigenvalue weighted by molar-refractivity contribution is 6.74. The largest absolute Gasteiger partial charge is 0.460 e. The molecule has 164 valence electrons. The maximum absolute atomic E-state index is 13.2. The Morgan fingerprint density at radius 2 is 1.57 bits per heavy atom. The molecule has 0 bridgehead atoms. The van der Waals surface area contributed by atoms with Gasteiger partial charge in [0.2, 0.25) is 5.91 Å². The van der Waals surface area contributed by atoms with Crippen LogP contribution in [0.25, 0.3) is 0 Å². The summed E-state index contributed by atoms with van der Waals surface area (Å²) >= 11 is 0. The Balaban J connectivity index is 3.15. The lowest BCUT2D eigenvalue weighted by Gasteiger charge is -2.41. The highest BCUT2D eigenvalue weighted by Gasteiger charge is 2.44. The molecule has 0 aromatic heterocycles. The van der Waals surface area contributed by atoms with Gasteiger partial charge < -0.3 is 14.9 Å². The molecule has 0 aliphatic heterocycles. The van der Waals surface area contributed by atoms with E-state index in [4.69, 9.17) is 14.9 Å². The third kappa shape index (κ3) is 8.24.